The van der Waals surface area contributed by atoms with E-state index in [4.69, 9.17) is 0 Å². The lowest BCUT2D eigenvalue weighted by atomic mass is 9.86. The Kier molecular flexibility index (Phi) is 2.59. The average molecular weight is 283 g/mol. The average Bonchev–Trinajstić information content (AvgIpc) is 2.93. The molecule has 0 spiro atoms. The first-order valence-corrected chi connectivity index (χ1v) is 6.98. The summed E-state index contributed by atoms with van der Waals surface area (Å²) < 4.78 is 13.2. The van der Waals surface area contributed by atoms with Crippen molar-refractivity contribution >= 4 is 5.91 Å². The summed E-state index contributed by atoms with van der Waals surface area (Å²) >= 11 is 0. The zero-order chi connectivity index (χ0) is 14.4. The summed E-state index contributed by atoms with van der Waals surface area (Å²) in [5.74, 6) is -0.338. The van der Waals surface area contributed by atoms with E-state index >= 15 is 0 Å². The predicted molar refractivity (Wildman–Crippen MR) is 75.1 cm³/mol. The van der Waals surface area contributed by atoms with Crippen LogP contribution in [0.25, 0.3) is 0 Å². The number of nitrogens with one attached hydrogen (secondary N) is 1. The summed E-state index contributed by atoms with van der Waals surface area (Å²) in [6.45, 7) is 1.35. The number of carbonyl (C=O) groups excluding carboxylic acids is 1. The third kappa shape index (κ3) is 1.70. The highest BCUT2D eigenvalue weighted by Gasteiger charge is 2.49. The lowest BCUT2D eigenvalue weighted by Crippen LogP contribution is -2.55. The zero-order valence-electron chi connectivity index (χ0n) is 11.3. The van der Waals surface area contributed by atoms with Gasteiger partial charge < -0.3 is 4.90 Å². The molecule has 5 heteroatoms. The van der Waals surface area contributed by atoms with Crippen molar-refractivity contribution in [1.29, 1.82) is 0 Å². The standard InChI is InChI=1S/C16H14FN3O/c17-13-5-3-12(4-6-13)16-10-11-2-1-7-18-14(11)15(21)20(16)9-8-19-16/h1-7,19H,8-10H2/t16-/m0/s1. The molecule has 1 amide bonds. The van der Waals surface area contributed by atoms with Gasteiger partial charge in [-0.3, -0.25) is 15.1 Å². The second-order valence-electron chi connectivity index (χ2n) is 5.44. The molecule has 0 aliphatic carbocycles. The molecule has 1 aromatic carbocycles. The van der Waals surface area contributed by atoms with E-state index in [1.807, 2.05) is 17.0 Å². The number of amides is 1. The Morgan fingerprint density at radius 3 is 2.86 bits per heavy atom. The number of carbonyl (C=O) groups is 1. The van der Waals surface area contributed by atoms with E-state index in [1.54, 1.807) is 18.3 Å². The highest BCUT2D eigenvalue weighted by molar-refractivity contribution is 5.96. The van der Waals surface area contributed by atoms with Crippen molar-refractivity contribution in [3.63, 3.8) is 0 Å². The lowest BCUT2D eigenvalue weighted by molar-refractivity contribution is 0.0495. The van der Waals surface area contributed by atoms with E-state index < -0.39 is 5.66 Å². The lowest BCUT2D eigenvalue weighted by Gasteiger charge is -2.42. The third-order valence-corrected chi connectivity index (χ3v) is 4.32. The van der Waals surface area contributed by atoms with Gasteiger partial charge in [-0.05, 0) is 29.3 Å². The zero-order valence-corrected chi connectivity index (χ0v) is 11.3. The van der Waals surface area contributed by atoms with Crippen LogP contribution in [-0.2, 0) is 12.1 Å². The van der Waals surface area contributed by atoms with Gasteiger partial charge in [0.25, 0.3) is 5.91 Å². The number of aromatic nitrogens is 1. The first kappa shape index (κ1) is 12.5. The Morgan fingerprint density at radius 2 is 2.05 bits per heavy atom. The topological polar surface area (TPSA) is 45.2 Å². The predicted octanol–water partition coefficient (Wildman–Crippen LogP) is 1.68. The van der Waals surface area contributed by atoms with Gasteiger partial charge in [0.15, 0.2) is 0 Å². The monoisotopic (exact) mass is 283 g/mol. The van der Waals surface area contributed by atoms with Crippen LogP contribution in [0.2, 0.25) is 0 Å². The number of rotatable bonds is 1. The summed E-state index contributed by atoms with van der Waals surface area (Å²) in [5.41, 5.74) is 1.78. The van der Waals surface area contributed by atoms with Gasteiger partial charge in [-0.25, -0.2) is 4.39 Å². The first-order valence-electron chi connectivity index (χ1n) is 6.98. The van der Waals surface area contributed by atoms with Gasteiger partial charge in [0.1, 0.15) is 17.2 Å². The van der Waals surface area contributed by atoms with Crippen LogP contribution in [0.4, 0.5) is 4.39 Å². The van der Waals surface area contributed by atoms with Crippen LogP contribution in [0.5, 0.6) is 0 Å². The van der Waals surface area contributed by atoms with Crippen LogP contribution in [-0.4, -0.2) is 28.9 Å². The summed E-state index contributed by atoms with van der Waals surface area (Å²) in [6, 6.07) is 10.1. The SMILES string of the molecule is O=C1c2ncccc2C[C@]2(c3ccc(F)cc3)NCCN12. The number of hydrogen-bond acceptors (Lipinski definition) is 3. The van der Waals surface area contributed by atoms with E-state index in [0.29, 0.717) is 18.7 Å². The van der Waals surface area contributed by atoms with Crippen LogP contribution in [0, 0.1) is 5.82 Å². The van der Waals surface area contributed by atoms with Gasteiger partial charge in [-0.2, -0.15) is 0 Å². The molecule has 1 N–H and O–H groups in total. The minimum atomic E-state index is -0.583. The molecule has 1 atom stereocenters. The maximum atomic E-state index is 13.2. The molecule has 4 rings (SSSR count). The Labute approximate surface area is 121 Å². The van der Waals surface area contributed by atoms with Crippen LogP contribution >= 0.6 is 0 Å². The second-order valence-corrected chi connectivity index (χ2v) is 5.44. The van der Waals surface area contributed by atoms with Gasteiger partial charge in [0.05, 0.1) is 0 Å². The quantitative estimate of drug-likeness (QED) is 0.866. The molecule has 0 bridgehead atoms. The second kappa shape index (κ2) is 4.36. The molecule has 0 unspecified atom stereocenters. The number of nitrogens with zero attached hydrogens (tertiary/aromatic N) is 2. The van der Waals surface area contributed by atoms with Gasteiger partial charge in [-0.15, -0.1) is 0 Å². The van der Waals surface area contributed by atoms with Crippen molar-refractivity contribution in [3.05, 3.63) is 65.2 Å². The minimum Gasteiger partial charge on any atom is -0.313 e. The Bertz CT molecular complexity index is 716. The molecule has 1 saturated heterocycles. The van der Waals surface area contributed by atoms with Crippen molar-refractivity contribution in [2.45, 2.75) is 12.1 Å². The molecule has 106 valence electrons. The van der Waals surface area contributed by atoms with Gasteiger partial charge in [0.2, 0.25) is 0 Å². The Hall–Kier alpha value is -2.27. The molecule has 3 heterocycles. The van der Waals surface area contributed by atoms with E-state index in [1.165, 1.54) is 12.1 Å². The molecule has 2 aliphatic heterocycles. The summed E-state index contributed by atoms with van der Waals surface area (Å²) in [6.07, 6.45) is 2.29. The Morgan fingerprint density at radius 1 is 1.24 bits per heavy atom. The summed E-state index contributed by atoms with van der Waals surface area (Å²) in [5, 5.41) is 3.43. The molecule has 2 aromatic rings. The largest absolute Gasteiger partial charge is 0.313 e. The number of halogens is 1. The van der Waals surface area contributed by atoms with Gasteiger partial charge >= 0.3 is 0 Å². The molecule has 4 nitrogen and oxygen atoms in total. The van der Waals surface area contributed by atoms with E-state index in [0.717, 1.165) is 17.7 Å². The van der Waals surface area contributed by atoms with E-state index in [9.17, 15) is 9.18 Å². The van der Waals surface area contributed by atoms with Crippen LogP contribution in [0.15, 0.2) is 42.6 Å². The fourth-order valence-electron chi connectivity index (χ4n) is 3.36. The van der Waals surface area contributed by atoms with Crippen molar-refractivity contribution in [2.75, 3.05) is 13.1 Å². The van der Waals surface area contributed by atoms with Gasteiger partial charge in [0, 0.05) is 25.7 Å². The molecular weight excluding hydrogens is 269 g/mol. The van der Waals surface area contributed by atoms with Crippen LogP contribution < -0.4 is 5.32 Å². The third-order valence-electron chi connectivity index (χ3n) is 4.32. The van der Waals surface area contributed by atoms with Crippen LogP contribution in [0.3, 0.4) is 0 Å². The fourth-order valence-corrected chi connectivity index (χ4v) is 3.36. The smallest absolute Gasteiger partial charge is 0.274 e. The highest BCUT2D eigenvalue weighted by Crippen LogP contribution is 2.38. The van der Waals surface area contributed by atoms with Crippen molar-refractivity contribution < 1.29 is 9.18 Å². The van der Waals surface area contributed by atoms with E-state index in [2.05, 4.69) is 10.3 Å². The van der Waals surface area contributed by atoms with Gasteiger partial charge in [-0.1, -0.05) is 18.2 Å². The number of benzene rings is 1. The van der Waals surface area contributed by atoms with Crippen molar-refractivity contribution in [1.82, 2.24) is 15.2 Å². The number of hydrogen-bond donors (Lipinski definition) is 1. The van der Waals surface area contributed by atoms with Crippen molar-refractivity contribution in [2.24, 2.45) is 0 Å². The fraction of sp³-hybridized carbons (Fsp3) is 0.250. The van der Waals surface area contributed by atoms with E-state index in [-0.39, 0.29) is 11.7 Å². The molecular formula is C16H14FN3O. The maximum Gasteiger partial charge on any atom is 0.274 e. The first-order chi connectivity index (χ1) is 10.2. The molecule has 1 aromatic heterocycles. The molecule has 2 aliphatic rings. The summed E-state index contributed by atoms with van der Waals surface area (Å²) in [7, 11) is 0. The number of pyridine rings is 1. The maximum absolute atomic E-state index is 13.2. The van der Waals surface area contributed by atoms with Crippen LogP contribution in [0.1, 0.15) is 21.6 Å². The highest BCUT2D eigenvalue weighted by atomic mass is 19.1. The Balaban J connectivity index is 1.88. The molecule has 0 saturated carbocycles. The normalized spacial score (nSPS) is 23.9. The minimum absolute atomic E-state index is 0.0637. The van der Waals surface area contributed by atoms with Crippen molar-refractivity contribution in [3.8, 4) is 0 Å². The summed E-state index contributed by atoms with van der Waals surface area (Å²) in [4.78, 5) is 18.7. The molecule has 1 fully saturated rings. The molecule has 0 radical (unpaired) electrons. The number of fused-ring (bicyclic) bond motifs is 2. The molecule has 21 heavy (non-hydrogen) atoms.